The van der Waals surface area contributed by atoms with E-state index in [1.165, 1.54) is 25.7 Å². The van der Waals surface area contributed by atoms with E-state index in [0.29, 0.717) is 17.8 Å². The topological polar surface area (TPSA) is 54.0 Å². The Morgan fingerprint density at radius 1 is 1.17 bits per heavy atom. The minimum absolute atomic E-state index is 0.0485. The van der Waals surface area contributed by atoms with Crippen LogP contribution in [-0.2, 0) is 0 Å². The summed E-state index contributed by atoms with van der Waals surface area (Å²) in [4.78, 5) is 16.0. The Morgan fingerprint density at radius 3 is 2.67 bits per heavy atom. The molecular formula is C14H19N3O. The summed E-state index contributed by atoms with van der Waals surface area (Å²) >= 11 is 0. The van der Waals surface area contributed by atoms with Gasteiger partial charge in [-0.05, 0) is 37.8 Å². The summed E-state index contributed by atoms with van der Waals surface area (Å²) in [6.07, 6.45) is 8.98. The van der Waals surface area contributed by atoms with E-state index in [1.807, 2.05) is 12.1 Å². The first-order valence-electron chi connectivity index (χ1n) is 6.85. The Hall–Kier alpha value is -1.58. The normalized spacial score (nSPS) is 19.8. The lowest BCUT2D eigenvalue weighted by molar-refractivity contribution is 0.0946. The molecule has 0 unspecified atom stereocenters. The molecule has 0 aliphatic heterocycles. The maximum absolute atomic E-state index is 11.9. The van der Waals surface area contributed by atoms with Crippen molar-refractivity contribution in [2.75, 3.05) is 5.32 Å². The van der Waals surface area contributed by atoms with E-state index < -0.39 is 0 Å². The third-order valence-electron chi connectivity index (χ3n) is 3.63. The third-order valence-corrected chi connectivity index (χ3v) is 3.63. The number of rotatable bonds is 4. The van der Waals surface area contributed by atoms with Crippen LogP contribution in [0.2, 0.25) is 0 Å². The molecule has 3 rings (SSSR count). The molecule has 0 radical (unpaired) electrons. The number of carbonyl (C=O) groups excluding carboxylic acids is 1. The minimum atomic E-state index is -0.0485. The molecule has 4 nitrogen and oxygen atoms in total. The Bertz CT molecular complexity index is 436. The maximum atomic E-state index is 11.9. The van der Waals surface area contributed by atoms with Gasteiger partial charge in [0.25, 0.3) is 5.91 Å². The van der Waals surface area contributed by atoms with Crippen molar-refractivity contribution < 1.29 is 4.79 Å². The number of nitrogens with zero attached hydrogens (tertiary/aromatic N) is 1. The lowest BCUT2D eigenvalue weighted by atomic mass is 10.2. The highest BCUT2D eigenvalue weighted by Gasteiger charge is 2.24. The highest BCUT2D eigenvalue weighted by atomic mass is 16.2. The van der Waals surface area contributed by atoms with Gasteiger partial charge in [-0.15, -0.1) is 0 Å². The van der Waals surface area contributed by atoms with Crippen molar-refractivity contribution in [2.24, 2.45) is 0 Å². The van der Waals surface area contributed by atoms with Gasteiger partial charge in [0.15, 0.2) is 0 Å². The number of anilines is 1. The van der Waals surface area contributed by atoms with Gasteiger partial charge in [0.05, 0.1) is 0 Å². The van der Waals surface area contributed by atoms with Gasteiger partial charge in [-0.25, -0.2) is 0 Å². The highest BCUT2D eigenvalue weighted by molar-refractivity contribution is 5.93. The molecule has 4 heteroatoms. The Morgan fingerprint density at radius 2 is 1.94 bits per heavy atom. The van der Waals surface area contributed by atoms with Gasteiger partial charge in [-0.2, -0.15) is 0 Å². The highest BCUT2D eigenvalue weighted by Crippen LogP contribution is 2.23. The van der Waals surface area contributed by atoms with Gasteiger partial charge >= 0.3 is 0 Å². The van der Waals surface area contributed by atoms with E-state index in [9.17, 15) is 4.79 Å². The van der Waals surface area contributed by atoms with Crippen LogP contribution in [0, 0.1) is 0 Å². The average Bonchev–Trinajstić information content (AvgIpc) is 3.04. The number of aromatic nitrogens is 1. The summed E-state index contributed by atoms with van der Waals surface area (Å²) in [7, 11) is 0. The van der Waals surface area contributed by atoms with Crippen LogP contribution in [0.3, 0.4) is 0 Å². The summed E-state index contributed by atoms with van der Waals surface area (Å²) in [6.45, 7) is 0. The summed E-state index contributed by atoms with van der Waals surface area (Å²) in [5, 5.41) is 6.45. The molecule has 1 amide bonds. The van der Waals surface area contributed by atoms with Gasteiger partial charge in [0.2, 0.25) is 0 Å². The summed E-state index contributed by atoms with van der Waals surface area (Å²) in [6, 6.07) is 4.74. The van der Waals surface area contributed by atoms with Gasteiger partial charge in [0, 0.05) is 24.0 Å². The van der Waals surface area contributed by atoms with E-state index in [0.717, 1.165) is 18.5 Å². The summed E-state index contributed by atoms with van der Waals surface area (Å²) in [5.41, 5.74) is 1.53. The molecule has 2 saturated carbocycles. The zero-order chi connectivity index (χ0) is 12.4. The molecule has 0 saturated heterocycles. The molecule has 2 aliphatic carbocycles. The first kappa shape index (κ1) is 11.5. The molecule has 96 valence electrons. The predicted molar refractivity (Wildman–Crippen MR) is 70.6 cm³/mol. The number of hydrogen-bond acceptors (Lipinski definition) is 3. The summed E-state index contributed by atoms with van der Waals surface area (Å²) < 4.78 is 0. The molecule has 2 fully saturated rings. The number of hydrogen-bond donors (Lipinski definition) is 2. The number of nitrogens with one attached hydrogen (secondary N) is 2. The van der Waals surface area contributed by atoms with Crippen molar-refractivity contribution in [1.82, 2.24) is 10.3 Å². The molecule has 0 aromatic carbocycles. The lowest BCUT2D eigenvalue weighted by Gasteiger charge is -2.13. The van der Waals surface area contributed by atoms with Crippen LogP contribution >= 0.6 is 0 Å². The number of pyridine rings is 1. The van der Waals surface area contributed by atoms with E-state index in [1.54, 1.807) is 6.20 Å². The predicted octanol–water partition coefficient (Wildman–Crippen LogP) is 2.33. The first-order valence-corrected chi connectivity index (χ1v) is 6.85. The molecule has 2 aliphatic rings. The minimum Gasteiger partial charge on any atom is -0.382 e. The van der Waals surface area contributed by atoms with Crippen LogP contribution in [-0.4, -0.2) is 23.0 Å². The van der Waals surface area contributed by atoms with Gasteiger partial charge in [-0.1, -0.05) is 12.8 Å². The quantitative estimate of drug-likeness (QED) is 0.856. The monoisotopic (exact) mass is 245 g/mol. The van der Waals surface area contributed by atoms with E-state index in [2.05, 4.69) is 15.6 Å². The van der Waals surface area contributed by atoms with Crippen molar-refractivity contribution in [3.8, 4) is 0 Å². The Balaban J connectivity index is 1.65. The third kappa shape index (κ3) is 2.81. The Labute approximate surface area is 107 Å². The fourth-order valence-electron chi connectivity index (χ4n) is 2.44. The fourth-order valence-corrected chi connectivity index (χ4v) is 2.44. The van der Waals surface area contributed by atoms with Gasteiger partial charge in [-0.3, -0.25) is 9.78 Å². The van der Waals surface area contributed by atoms with Gasteiger partial charge < -0.3 is 10.6 Å². The standard InChI is InChI=1S/C14H19N3O/c18-14(17-11-5-6-11)13-9-12(7-8-15-13)16-10-3-1-2-4-10/h7-11H,1-6H2,(H,15,16)(H,17,18). The fraction of sp³-hybridized carbons (Fsp3) is 0.571. The second-order valence-electron chi connectivity index (χ2n) is 5.30. The van der Waals surface area contributed by atoms with Crippen molar-refractivity contribution in [1.29, 1.82) is 0 Å². The SMILES string of the molecule is O=C(NC1CC1)c1cc(NC2CCCC2)ccn1. The molecule has 18 heavy (non-hydrogen) atoms. The van der Waals surface area contributed by atoms with Crippen LogP contribution in [0.25, 0.3) is 0 Å². The van der Waals surface area contributed by atoms with Crippen LogP contribution in [0.1, 0.15) is 49.0 Å². The smallest absolute Gasteiger partial charge is 0.270 e. The van der Waals surface area contributed by atoms with Crippen molar-refractivity contribution >= 4 is 11.6 Å². The van der Waals surface area contributed by atoms with E-state index >= 15 is 0 Å². The van der Waals surface area contributed by atoms with Crippen molar-refractivity contribution in [3.05, 3.63) is 24.0 Å². The molecule has 0 spiro atoms. The largest absolute Gasteiger partial charge is 0.382 e. The number of amides is 1. The zero-order valence-corrected chi connectivity index (χ0v) is 10.5. The molecule has 2 N–H and O–H groups in total. The molecule has 0 bridgehead atoms. The average molecular weight is 245 g/mol. The van der Waals surface area contributed by atoms with Crippen LogP contribution < -0.4 is 10.6 Å². The second kappa shape index (κ2) is 4.96. The maximum Gasteiger partial charge on any atom is 0.270 e. The van der Waals surface area contributed by atoms with E-state index in [4.69, 9.17) is 0 Å². The Kier molecular flexibility index (Phi) is 3.17. The first-order chi connectivity index (χ1) is 8.81. The lowest BCUT2D eigenvalue weighted by Crippen LogP contribution is -2.26. The van der Waals surface area contributed by atoms with Crippen LogP contribution in [0.5, 0.6) is 0 Å². The summed E-state index contributed by atoms with van der Waals surface area (Å²) in [5.74, 6) is -0.0485. The zero-order valence-electron chi connectivity index (χ0n) is 10.5. The number of carbonyl (C=O) groups is 1. The van der Waals surface area contributed by atoms with Crippen LogP contribution in [0.15, 0.2) is 18.3 Å². The van der Waals surface area contributed by atoms with Crippen LogP contribution in [0.4, 0.5) is 5.69 Å². The van der Waals surface area contributed by atoms with Crippen molar-refractivity contribution in [2.45, 2.75) is 50.6 Å². The molecule has 0 atom stereocenters. The molecule has 1 heterocycles. The van der Waals surface area contributed by atoms with Gasteiger partial charge in [0.1, 0.15) is 5.69 Å². The molecule has 1 aromatic heterocycles. The molecule has 1 aromatic rings. The van der Waals surface area contributed by atoms with Crippen molar-refractivity contribution in [3.63, 3.8) is 0 Å². The molecular weight excluding hydrogens is 226 g/mol. The van der Waals surface area contributed by atoms with E-state index in [-0.39, 0.29) is 5.91 Å². The second-order valence-corrected chi connectivity index (χ2v) is 5.30.